The van der Waals surface area contributed by atoms with E-state index in [0.717, 1.165) is 12.0 Å². The monoisotopic (exact) mass is 237 g/mol. The van der Waals surface area contributed by atoms with Crippen LogP contribution in [0, 0.1) is 5.82 Å². The van der Waals surface area contributed by atoms with Crippen molar-refractivity contribution < 1.29 is 9.13 Å². The Morgan fingerprint density at radius 1 is 1.41 bits per heavy atom. The smallest absolute Gasteiger partial charge is 0.123 e. The third kappa shape index (κ3) is 2.67. The van der Waals surface area contributed by atoms with Gasteiger partial charge in [-0.05, 0) is 38.0 Å². The van der Waals surface area contributed by atoms with E-state index < -0.39 is 0 Å². The Hall–Kier alpha value is -0.930. The summed E-state index contributed by atoms with van der Waals surface area (Å²) >= 11 is 0. The van der Waals surface area contributed by atoms with Gasteiger partial charge in [0.15, 0.2) is 0 Å². The largest absolute Gasteiger partial charge is 0.370 e. The lowest BCUT2D eigenvalue weighted by Crippen LogP contribution is -2.56. The molecule has 2 rings (SSSR count). The molecule has 1 aliphatic heterocycles. The van der Waals surface area contributed by atoms with Gasteiger partial charge in [0.2, 0.25) is 0 Å². The van der Waals surface area contributed by atoms with E-state index >= 15 is 0 Å². The first kappa shape index (κ1) is 12.5. The van der Waals surface area contributed by atoms with Crippen LogP contribution in [0.4, 0.5) is 4.39 Å². The van der Waals surface area contributed by atoms with E-state index in [0.29, 0.717) is 6.61 Å². The van der Waals surface area contributed by atoms with E-state index in [-0.39, 0.29) is 23.5 Å². The second-order valence-electron chi connectivity index (χ2n) is 5.13. The normalized spacial score (nSPS) is 33.6. The van der Waals surface area contributed by atoms with Gasteiger partial charge in [-0.3, -0.25) is 0 Å². The summed E-state index contributed by atoms with van der Waals surface area (Å²) < 4.78 is 18.8. The van der Waals surface area contributed by atoms with E-state index in [4.69, 9.17) is 4.74 Å². The summed E-state index contributed by atoms with van der Waals surface area (Å²) in [5.74, 6) is -0.205. The summed E-state index contributed by atoms with van der Waals surface area (Å²) in [5, 5.41) is 3.59. The Morgan fingerprint density at radius 2 is 2.06 bits per heavy atom. The molecule has 1 aliphatic rings. The quantitative estimate of drug-likeness (QED) is 0.853. The number of hydrogen-bond donors (Lipinski definition) is 1. The van der Waals surface area contributed by atoms with Gasteiger partial charge < -0.3 is 10.1 Å². The summed E-state index contributed by atoms with van der Waals surface area (Å²) in [4.78, 5) is 0. The van der Waals surface area contributed by atoms with Crippen molar-refractivity contribution >= 4 is 0 Å². The van der Waals surface area contributed by atoms with Crippen LogP contribution >= 0.6 is 0 Å². The van der Waals surface area contributed by atoms with Crippen molar-refractivity contribution in [2.75, 3.05) is 6.61 Å². The predicted octanol–water partition coefficient (Wildman–Crippen LogP) is 3.04. The third-order valence-corrected chi connectivity index (χ3v) is 3.59. The highest BCUT2D eigenvalue weighted by Crippen LogP contribution is 2.29. The zero-order chi connectivity index (χ0) is 12.5. The van der Waals surface area contributed by atoms with Crippen LogP contribution in [0.3, 0.4) is 0 Å². The summed E-state index contributed by atoms with van der Waals surface area (Å²) in [7, 11) is 0. The predicted molar refractivity (Wildman–Crippen MR) is 66.4 cm³/mol. The van der Waals surface area contributed by atoms with Gasteiger partial charge in [0, 0.05) is 11.6 Å². The molecule has 1 heterocycles. The Morgan fingerprint density at radius 3 is 2.59 bits per heavy atom. The number of morpholine rings is 1. The minimum absolute atomic E-state index is 0.00947. The lowest BCUT2D eigenvalue weighted by atomic mass is 9.92. The van der Waals surface area contributed by atoms with Crippen LogP contribution in [0.1, 0.15) is 38.9 Å². The molecule has 0 spiro atoms. The number of benzene rings is 1. The zero-order valence-electron chi connectivity index (χ0n) is 10.7. The van der Waals surface area contributed by atoms with Crippen LogP contribution in [-0.2, 0) is 4.74 Å². The van der Waals surface area contributed by atoms with Crippen molar-refractivity contribution in [2.45, 2.75) is 44.9 Å². The minimum Gasteiger partial charge on any atom is -0.370 e. The lowest BCUT2D eigenvalue weighted by molar-refractivity contribution is -0.0561. The van der Waals surface area contributed by atoms with Crippen LogP contribution in [0.2, 0.25) is 0 Å². The van der Waals surface area contributed by atoms with E-state index in [1.54, 1.807) is 12.1 Å². The fourth-order valence-electron chi connectivity index (χ4n) is 2.33. The standard InChI is InChI=1S/C14H20FNO/c1-4-14(3)9-17-13(10(2)16-14)11-5-7-12(15)8-6-11/h5-8,10,13,16H,4,9H2,1-3H3. The molecule has 3 unspecified atom stereocenters. The van der Waals surface area contributed by atoms with Gasteiger partial charge in [-0.1, -0.05) is 19.1 Å². The molecule has 3 heteroatoms. The number of hydrogen-bond acceptors (Lipinski definition) is 2. The van der Waals surface area contributed by atoms with Crippen molar-refractivity contribution in [1.82, 2.24) is 5.32 Å². The van der Waals surface area contributed by atoms with E-state index in [9.17, 15) is 4.39 Å². The average Bonchev–Trinajstić information content (AvgIpc) is 2.31. The molecule has 3 atom stereocenters. The molecule has 2 nitrogen and oxygen atoms in total. The molecule has 0 aromatic heterocycles. The molecule has 94 valence electrons. The molecular formula is C14H20FNO. The van der Waals surface area contributed by atoms with Crippen molar-refractivity contribution in [1.29, 1.82) is 0 Å². The van der Waals surface area contributed by atoms with E-state index in [1.807, 2.05) is 0 Å². The molecule has 0 bridgehead atoms. The summed E-state index contributed by atoms with van der Waals surface area (Å²) in [6.07, 6.45) is 1.04. The molecule has 0 amide bonds. The summed E-state index contributed by atoms with van der Waals surface area (Å²) in [5.41, 5.74) is 1.08. The fourth-order valence-corrected chi connectivity index (χ4v) is 2.33. The summed E-state index contributed by atoms with van der Waals surface area (Å²) in [6, 6.07) is 6.80. The summed E-state index contributed by atoms with van der Waals surface area (Å²) in [6.45, 7) is 7.13. The highest BCUT2D eigenvalue weighted by Gasteiger charge is 2.35. The molecule has 1 aromatic rings. The number of ether oxygens (including phenoxy) is 1. The van der Waals surface area contributed by atoms with Crippen molar-refractivity contribution in [3.8, 4) is 0 Å². The Labute approximate surface area is 102 Å². The molecule has 1 N–H and O–H groups in total. The Bertz CT molecular complexity index is 378. The van der Waals surface area contributed by atoms with Gasteiger partial charge in [-0.2, -0.15) is 0 Å². The van der Waals surface area contributed by atoms with Gasteiger partial charge >= 0.3 is 0 Å². The van der Waals surface area contributed by atoms with Crippen molar-refractivity contribution in [3.05, 3.63) is 35.6 Å². The first-order valence-corrected chi connectivity index (χ1v) is 6.19. The second kappa shape index (κ2) is 4.75. The van der Waals surface area contributed by atoms with Gasteiger partial charge in [0.05, 0.1) is 12.7 Å². The van der Waals surface area contributed by atoms with Crippen LogP contribution in [0.5, 0.6) is 0 Å². The average molecular weight is 237 g/mol. The third-order valence-electron chi connectivity index (χ3n) is 3.59. The molecular weight excluding hydrogens is 217 g/mol. The van der Waals surface area contributed by atoms with Gasteiger partial charge in [0.1, 0.15) is 5.82 Å². The van der Waals surface area contributed by atoms with Crippen LogP contribution < -0.4 is 5.32 Å². The first-order valence-electron chi connectivity index (χ1n) is 6.19. The van der Waals surface area contributed by atoms with Crippen molar-refractivity contribution in [2.24, 2.45) is 0 Å². The highest BCUT2D eigenvalue weighted by molar-refractivity contribution is 5.21. The Balaban J connectivity index is 2.12. The van der Waals surface area contributed by atoms with Gasteiger partial charge in [0.25, 0.3) is 0 Å². The van der Waals surface area contributed by atoms with E-state index in [1.165, 1.54) is 12.1 Å². The Kier molecular flexibility index (Phi) is 3.50. The maximum atomic E-state index is 12.9. The SMILES string of the molecule is CCC1(C)COC(c2ccc(F)cc2)C(C)N1. The van der Waals surface area contributed by atoms with Crippen LogP contribution in [0.25, 0.3) is 0 Å². The van der Waals surface area contributed by atoms with Crippen LogP contribution in [-0.4, -0.2) is 18.2 Å². The molecule has 1 fully saturated rings. The second-order valence-corrected chi connectivity index (χ2v) is 5.13. The lowest BCUT2D eigenvalue weighted by Gasteiger charge is -2.42. The first-order chi connectivity index (χ1) is 8.04. The van der Waals surface area contributed by atoms with E-state index in [2.05, 4.69) is 26.1 Å². The maximum absolute atomic E-state index is 12.9. The topological polar surface area (TPSA) is 21.3 Å². The number of nitrogens with one attached hydrogen (secondary N) is 1. The van der Waals surface area contributed by atoms with Gasteiger partial charge in [-0.25, -0.2) is 4.39 Å². The van der Waals surface area contributed by atoms with Gasteiger partial charge in [-0.15, -0.1) is 0 Å². The molecule has 0 saturated carbocycles. The van der Waals surface area contributed by atoms with Crippen LogP contribution in [0.15, 0.2) is 24.3 Å². The minimum atomic E-state index is -0.205. The zero-order valence-corrected chi connectivity index (χ0v) is 10.7. The number of halogens is 1. The molecule has 17 heavy (non-hydrogen) atoms. The van der Waals surface area contributed by atoms with Crippen molar-refractivity contribution in [3.63, 3.8) is 0 Å². The highest BCUT2D eigenvalue weighted by atomic mass is 19.1. The molecule has 0 aliphatic carbocycles. The number of rotatable bonds is 2. The molecule has 1 saturated heterocycles. The molecule has 1 aromatic carbocycles. The fraction of sp³-hybridized carbons (Fsp3) is 0.571. The molecule has 0 radical (unpaired) electrons. The maximum Gasteiger partial charge on any atom is 0.123 e.